The van der Waals surface area contributed by atoms with Gasteiger partial charge in [-0.05, 0) is 37.1 Å². The summed E-state index contributed by atoms with van der Waals surface area (Å²) in [6.07, 6.45) is -4.74. The number of hydrogen-bond donors (Lipinski definition) is 1. The van der Waals surface area contributed by atoms with Crippen molar-refractivity contribution in [1.29, 1.82) is 0 Å². The Hall–Kier alpha value is -3.36. The fourth-order valence-corrected chi connectivity index (χ4v) is 2.96. The van der Waals surface area contributed by atoms with Crippen LogP contribution in [0.3, 0.4) is 0 Å². The first-order valence-electron chi connectivity index (χ1n) is 8.71. The minimum Gasteiger partial charge on any atom is -0.454 e. The molecule has 1 heterocycles. The van der Waals surface area contributed by atoms with Gasteiger partial charge in [0, 0.05) is 5.69 Å². The van der Waals surface area contributed by atoms with Crippen molar-refractivity contribution in [2.24, 2.45) is 0 Å². The number of carbonyl (C=O) groups excluding carboxylic acids is 2. The number of alkyl halides is 3. The number of rotatable bonds is 5. The molecule has 0 aliphatic rings. The second-order valence-electron chi connectivity index (χ2n) is 6.48. The number of aryl methyl sites for hydroxylation is 2. The van der Waals surface area contributed by atoms with Gasteiger partial charge in [0.25, 0.3) is 5.91 Å². The highest BCUT2D eigenvalue weighted by Gasteiger charge is 2.38. The summed E-state index contributed by atoms with van der Waals surface area (Å²) in [5.74, 6) is -2.76. The number of aromatic nitrogens is 2. The molecular weight excluding hydrogens is 387 g/mol. The molecular formula is C20H18F3N3O3. The normalized spacial score (nSPS) is 11.5. The molecule has 1 aromatic heterocycles. The Balaban J connectivity index is 1.69. The van der Waals surface area contributed by atoms with E-state index in [-0.39, 0.29) is 11.0 Å². The lowest BCUT2D eigenvalue weighted by Gasteiger charge is -2.13. The van der Waals surface area contributed by atoms with Gasteiger partial charge in [-0.25, -0.2) is 4.98 Å². The van der Waals surface area contributed by atoms with Crippen LogP contribution in [-0.4, -0.2) is 28.0 Å². The van der Waals surface area contributed by atoms with E-state index in [2.05, 4.69) is 10.3 Å². The maximum atomic E-state index is 13.3. The van der Waals surface area contributed by atoms with Crippen LogP contribution >= 0.6 is 0 Å². The summed E-state index contributed by atoms with van der Waals surface area (Å²) in [7, 11) is 0. The van der Waals surface area contributed by atoms with E-state index in [1.807, 2.05) is 32.0 Å². The first-order valence-corrected chi connectivity index (χ1v) is 8.71. The zero-order valence-corrected chi connectivity index (χ0v) is 15.7. The van der Waals surface area contributed by atoms with Crippen LogP contribution in [-0.2, 0) is 27.0 Å². The van der Waals surface area contributed by atoms with Crippen molar-refractivity contribution in [3.05, 3.63) is 59.4 Å². The predicted molar refractivity (Wildman–Crippen MR) is 100 cm³/mol. The molecule has 0 saturated carbocycles. The molecule has 0 bridgehead atoms. The zero-order chi connectivity index (χ0) is 21.2. The molecule has 2 aromatic carbocycles. The van der Waals surface area contributed by atoms with Crippen molar-refractivity contribution in [3.63, 3.8) is 0 Å². The molecule has 1 N–H and O–H groups in total. The smallest absolute Gasteiger partial charge is 0.449 e. The third kappa shape index (κ3) is 4.56. The molecule has 152 valence electrons. The van der Waals surface area contributed by atoms with E-state index < -0.39 is 37.0 Å². The Morgan fingerprint density at radius 3 is 2.38 bits per heavy atom. The van der Waals surface area contributed by atoms with Crippen LogP contribution in [0.2, 0.25) is 0 Å². The summed E-state index contributed by atoms with van der Waals surface area (Å²) in [5.41, 5.74) is 2.54. The van der Waals surface area contributed by atoms with Crippen molar-refractivity contribution in [3.8, 4) is 0 Å². The quantitative estimate of drug-likeness (QED) is 0.655. The van der Waals surface area contributed by atoms with E-state index in [0.29, 0.717) is 5.69 Å². The summed E-state index contributed by atoms with van der Waals surface area (Å²) in [5, 5.41) is 2.64. The third-order valence-corrected chi connectivity index (χ3v) is 4.31. The molecule has 3 aromatic rings. The summed E-state index contributed by atoms with van der Waals surface area (Å²) in [6.45, 7) is 2.31. The van der Waals surface area contributed by atoms with Gasteiger partial charge in [-0.3, -0.25) is 9.59 Å². The standard InChI is InChI=1S/C20H18F3N3O3/c1-12-6-5-7-13(2)18(12)25-16(27)11-29-17(28)10-26-15-9-4-3-8-14(15)24-19(26)20(21,22)23/h3-9H,10-11H2,1-2H3,(H,25,27). The van der Waals surface area contributed by atoms with Gasteiger partial charge >= 0.3 is 12.1 Å². The number of amides is 1. The molecule has 9 heteroatoms. The molecule has 1 amide bonds. The van der Waals surface area contributed by atoms with E-state index in [4.69, 9.17) is 4.74 Å². The van der Waals surface area contributed by atoms with E-state index in [1.165, 1.54) is 12.1 Å². The van der Waals surface area contributed by atoms with Gasteiger partial charge in [0.2, 0.25) is 5.82 Å². The molecule has 0 radical (unpaired) electrons. The van der Waals surface area contributed by atoms with Gasteiger partial charge in [-0.1, -0.05) is 30.3 Å². The maximum Gasteiger partial charge on any atom is 0.449 e. The minimum atomic E-state index is -4.74. The Kier molecular flexibility index (Phi) is 5.58. The number of fused-ring (bicyclic) bond motifs is 1. The topological polar surface area (TPSA) is 73.2 Å². The Labute approximate surface area is 164 Å². The predicted octanol–water partition coefficient (Wildman–Crippen LogP) is 3.85. The minimum absolute atomic E-state index is 0.111. The number of imidazole rings is 1. The Bertz CT molecular complexity index is 1050. The van der Waals surface area contributed by atoms with Crippen molar-refractivity contribution < 1.29 is 27.5 Å². The molecule has 0 fully saturated rings. The van der Waals surface area contributed by atoms with Gasteiger partial charge in [0.05, 0.1) is 11.0 Å². The van der Waals surface area contributed by atoms with Crippen LogP contribution in [0.1, 0.15) is 17.0 Å². The summed E-state index contributed by atoms with van der Waals surface area (Å²) in [4.78, 5) is 27.7. The van der Waals surface area contributed by atoms with Crippen molar-refractivity contribution in [2.75, 3.05) is 11.9 Å². The van der Waals surface area contributed by atoms with Crippen LogP contribution < -0.4 is 5.32 Å². The van der Waals surface area contributed by atoms with Gasteiger partial charge in [-0.2, -0.15) is 13.2 Å². The monoisotopic (exact) mass is 405 g/mol. The molecule has 29 heavy (non-hydrogen) atoms. The molecule has 0 unspecified atom stereocenters. The lowest BCUT2D eigenvalue weighted by Crippen LogP contribution is -2.25. The first-order chi connectivity index (χ1) is 13.7. The van der Waals surface area contributed by atoms with Crippen molar-refractivity contribution >= 4 is 28.6 Å². The number of nitrogens with one attached hydrogen (secondary N) is 1. The molecule has 0 aliphatic heterocycles. The first kappa shape index (κ1) is 20.4. The Morgan fingerprint density at radius 2 is 1.72 bits per heavy atom. The second kappa shape index (κ2) is 7.94. The van der Waals surface area contributed by atoms with Crippen LogP contribution in [0, 0.1) is 13.8 Å². The van der Waals surface area contributed by atoms with E-state index in [1.54, 1.807) is 12.1 Å². The van der Waals surface area contributed by atoms with Gasteiger partial charge in [0.1, 0.15) is 6.54 Å². The average Bonchev–Trinajstić information content (AvgIpc) is 3.02. The molecule has 3 rings (SSSR count). The van der Waals surface area contributed by atoms with E-state index in [9.17, 15) is 22.8 Å². The summed E-state index contributed by atoms with van der Waals surface area (Å²) < 4.78 is 45.4. The number of esters is 1. The molecule has 0 saturated heterocycles. The number of carbonyl (C=O) groups is 2. The number of benzene rings is 2. The van der Waals surface area contributed by atoms with Gasteiger partial charge < -0.3 is 14.6 Å². The van der Waals surface area contributed by atoms with E-state index in [0.717, 1.165) is 15.7 Å². The van der Waals surface area contributed by atoms with E-state index >= 15 is 0 Å². The van der Waals surface area contributed by atoms with Crippen molar-refractivity contribution in [2.45, 2.75) is 26.6 Å². The zero-order valence-electron chi connectivity index (χ0n) is 15.7. The van der Waals surface area contributed by atoms with Crippen molar-refractivity contribution in [1.82, 2.24) is 9.55 Å². The summed E-state index contributed by atoms with van der Waals surface area (Å²) >= 11 is 0. The number of para-hydroxylation sites is 3. The van der Waals surface area contributed by atoms with Gasteiger partial charge in [-0.15, -0.1) is 0 Å². The largest absolute Gasteiger partial charge is 0.454 e. The Morgan fingerprint density at radius 1 is 1.07 bits per heavy atom. The molecule has 6 nitrogen and oxygen atoms in total. The fourth-order valence-electron chi connectivity index (χ4n) is 2.96. The number of anilines is 1. The van der Waals surface area contributed by atoms with Crippen LogP contribution in [0.15, 0.2) is 42.5 Å². The van der Waals surface area contributed by atoms with Crippen LogP contribution in [0.5, 0.6) is 0 Å². The lowest BCUT2D eigenvalue weighted by atomic mass is 10.1. The lowest BCUT2D eigenvalue weighted by molar-refractivity contribution is -0.152. The molecule has 0 atom stereocenters. The van der Waals surface area contributed by atoms with Gasteiger partial charge in [0.15, 0.2) is 6.61 Å². The highest BCUT2D eigenvalue weighted by atomic mass is 19.4. The van der Waals surface area contributed by atoms with Crippen LogP contribution in [0.25, 0.3) is 11.0 Å². The second-order valence-corrected chi connectivity index (χ2v) is 6.48. The number of nitrogens with zero attached hydrogens (tertiary/aromatic N) is 2. The molecule has 0 aliphatic carbocycles. The molecule has 0 spiro atoms. The highest BCUT2D eigenvalue weighted by Crippen LogP contribution is 2.31. The average molecular weight is 405 g/mol. The number of halogens is 3. The van der Waals surface area contributed by atoms with Crippen LogP contribution in [0.4, 0.5) is 18.9 Å². The maximum absolute atomic E-state index is 13.3. The SMILES string of the molecule is Cc1cccc(C)c1NC(=O)COC(=O)Cn1c(C(F)(F)F)nc2ccccc21. The fraction of sp³-hybridized carbons (Fsp3) is 0.250. The third-order valence-electron chi connectivity index (χ3n) is 4.31. The number of ether oxygens (including phenoxy) is 1. The number of hydrogen-bond acceptors (Lipinski definition) is 4. The summed E-state index contributed by atoms with van der Waals surface area (Å²) in [6, 6.07) is 11.4. The highest BCUT2D eigenvalue weighted by molar-refractivity contribution is 5.94.